The quantitative estimate of drug-likeness (QED) is 0.115. The van der Waals surface area contributed by atoms with Crippen molar-refractivity contribution in [3.63, 3.8) is 0 Å². The van der Waals surface area contributed by atoms with Gasteiger partial charge < -0.3 is 34.5 Å². The highest BCUT2D eigenvalue weighted by molar-refractivity contribution is 6.37. The molecule has 7 aliphatic rings. The Morgan fingerprint density at radius 2 is 1.68 bits per heavy atom. The number of halogens is 3. The summed E-state index contributed by atoms with van der Waals surface area (Å²) in [6, 6.07) is 10.9. The Bertz CT molecular complexity index is 3020. The van der Waals surface area contributed by atoms with Crippen LogP contribution in [0.5, 0.6) is 11.8 Å². The lowest BCUT2D eigenvalue weighted by atomic mass is 9.57. The van der Waals surface area contributed by atoms with Crippen molar-refractivity contribution in [2.45, 2.75) is 89.3 Å². The van der Waals surface area contributed by atoms with Crippen LogP contribution in [0.2, 0.25) is 5.02 Å². The maximum atomic E-state index is 17.0. The highest BCUT2D eigenvalue weighted by Crippen LogP contribution is 2.54. The van der Waals surface area contributed by atoms with Gasteiger partial charge in [-0.1, -0.05) is 17.7 Å². The van der Waals surface area contributed by atoms with Gasteiger partial charge in [0.15, 0.2) is 5.82 Å². The number of hydrogen-bond acceptors (Lipinski definition) is 13. The lowest BCUT2D eigenvalue weighted by Gasteiger charge is -2.54. The number of aromatic hydroxyl groups is 1. The second kappa shape index (κ2) is 18.0. The van der Waals surface area contributed by atoms with Crippen molar-refractivity contribution in [1.82, 2.24) is 35.0 Å². The molecular formula is C54H60ClF2N9O6. The highest BCUT2D eigenvalue weighted by Gasteiger charge is 2.50. The molecule has 0 unspecified atom stereocenters. The van der Waals surface area contributed by atoms with Crippen molar-refractivity contribution >= 4 is 62.5 Å². The first kappa shape index (κ1) is 47.3. The Morgan fingerprint density at radius 1 is 0.889 bits per heavy atom. The molecule has 2 aliphatic carbocycles. The largest absolute Gasteiger partial charge is 0.508 e. The van der Waals surface area contributed by atoms with E-state index in [1.54, 1.807) is 11.8 Å². The van der Waals surface area contributed by atoms with Crippen LogP contribution in [0.15, 0.2) is 48.7 Å². The average molecular weight is 1000 g/mol. The second-order valence-electron chi connectivity index (χ2n) is 22.4. The maximum absolute atomic E-state index is 17.0. The number of rotatable bonds is 11. The van der Waals surface area contributed by atoms with E-state index in [-0.39, 0.29) is 75.0 Å². The molecule has 3 amide bonds. The number of benzene rings is 3. The molecule has 2 atom stereocenters. The maximum Gasteiger partial charge on any atom is 0.319 e. The molecule has 0 radical (unpaired) electrons. The second-order valence-corrected chi connectivity index (χ2v) is 22.7. The summed E-state index contributed by atoms with van der Waals surface area (Å²) in [6.45, 7) is 11.4. The van der Waals surface area contributed by atoms with Gasteiger partial charge in [-0.3, -0.25) is 29.6 Å². The van der Waals surface area contributed by atoms with E-state index in [0.29, 0.717) is 72.4 Å². The minimum atomic E-state index is -0.975. The Balaban J connectivity index is 0.656. The fourth-order valence-corrected chi connectivity index (χ4v) is 13.2. The number of carbonyl (C=O) groups is 3. The van der Waals surface area contributed by atoms with Gasteiger partial charge in [0.1, 0.15) is 34.6 Å². The Hall–Kier alpha value is -5.75. The molecule has 3 aromatic carbocycles. The molecule has 18 heteroatoms. The number of piperazine rings is 1. The number of piperidine rings is 3. The van der Waals surface area contributed by atoms with Gasteiger partial charge in [0.25, 0.3) is 5.91 Å². The van der Waals surface area contributed by atoms with Gasteiger partial charge in [-0.25, -0.2) is 8.78 Å². The van der Waals surface area contributed by atoms with Crippen LogP contribution in [-0.2, 0) is 16.1 Å². The summed E-state index contributed by atoms with van der Waals surface area (Å²) in [4.78, 5) is 62.6. The fourth-order valence-electron chi connectivity index (χ4n) is 12.9. The number of nitrogens with one attached hydrogen (secondary N) is 1. The number of ether oxygens (including phenoxy) is 1. The first-order valence-electron chi connectivity index (χ1n) is 25.7. The molecule has 4 saturated heterocycles. The molecule has 5 aromatic rings. The van der Waals surface area contributed by atoms with E-state index in [4.69, 9.17) is 21.3 Å². The summed E-state index contributed by atoms with van der Waals surface area (Å²) >= 11 is 6.45. The predicted octanol–water partition coefficient (Wildman–Crippen LogP) is 7.07. The van der Waals surface area contributed by atoms with E-state index in [2.05, 4.69) is 36.1 Å². The minimum absolute atomic E-state index is 0.0288. The molecule has 3 N–H and O–H groups in total. The van der Waals surface area contributed by atoms with E-state index in [1.165, 1.54) is 56.1 Å². The normalized spacial score (nSPS) is 24.5. The number of hydrogen-bond donors (Lipinski definition) is 3. The van der Waals surface area contributed by atoms with Gasteiger partial charge in [0.2, 0.25) is 11.8 Å². The number of β-amino-alcohol motifs (C(OH)–C–C–N with tert-alkyl or cyclic N) is 1. The van der Waals surface area contributed by atoms with Gasteiger partial charge in [0.05, 0.1) is 22.6 Å². The monoisotopic (exact) mass is 1000 g/mol. The van der Waals surface area contributed by atoms with Gasteiger partial charge in [-0.2, -0.15) is 9.97 Å². The number of phenolic OH excluding ortho intramolecular Hbond substituents is 1. The van der Waals surface area contributed by atoms with Crippen molar-refractivity contribution < 1.29 is 38.1 Å². The predicted molar refractivity (Wildman–Crippen MR) is 268 cm³/mol. The molecule has 72 heavy (non-hydrogen) atoms. The molecular weight excluding hydrogens is 944 g/mol. The third-order valence-electron chi connectivity index (χ3n) is 17.0. The van der Waals surface area contributed by atoms with Crippen molar-refractivity contribution in [2.75, 3.05) is 81.9 Å². The van der Waals surface area contributed by atoms with Crippen LogP contribution < -0.4 is 19.9 Å². The summed E-state index contributed by atoms with van der Waals surface area (Å²) in [5, 5.41) is 24.9. The van der Waals surface area contributed by atoms with E-state index < -0.39 is 23.3 Å². The molecule has 6 fully saturated rings. The number of nitrogens with zero attached hydrogens (tertiary/aromatic N) is 8. The molecule has 5 aliphatic heterocycles. The molecule has 15 nitrogen and oxygen atoms in total. The molecule has 12 rings (SSSR count). The number of fused-ring (bicyclic) bond motifs is 3. The number of pyridine rings is 1. The topological polar surface area (TPSA) is 168 Å². The van der Waals surface area contributed by atoms with Crippen LogP contribution in [0, 0.1) is 28.4 Å². The molecule has 2 saturated carbocycles. The summed E-state index contributed by atoms with van der Waals surface area (Å²) < 4.78 is 38.2. The number of carbonyl (C=O) groups excluding carboxylic acids is 3. The summed E-state index contributed by atoms with van der Waals surface area (Å²) in [5.74, 6) is -1.31. The van der Waals surface area contributed by atoms with Crippen molar-refractivity contribution in [3.05, 3.63) is 76.4 Å². The minimum Gasteiger partial charge on any atom is -0.508 e. The number of phenols is 1. The van der Waals surface area contributed by atoms with E-state index >= 15 is 4.39 Å². The number of aliphatic hydroxyl groups is 1. The number of likely N-dealkylation sites (tertiary alicyclic amines) is 1. The zero-order chi connectivity index (χ0) is 49.7. The third kappa shape index (κ3) is 8.87. The van der Waals surface area contributed by atoms with Crippen LogP contribution in [0.1, 0.15) is 87.1 Å². The SMILES string of the molecule is C[C@@]1(O)CCCN(c2nc(OCC3(CN4CCC5(CC4)CC(CN4CCN(c6ccc7c(c6)CN([C@H]6CCC(=O)NC6=O)C7=O)CC4)C5)CC3)nc3c(F)c(-c4cc(O)cc5ccc(F)c(Cl)c45)ncc23)C1. The fraction of sp³-hybridized carbons (Fsp3) is 0.519. The van der Waals surface area contributed by atoms with Gasteiger partial charge in [-0.15, -0.1) is 0 Å². The number of amides is 3. The zero-order valence-corrected chi connectivity index (χ0v) is 41.3. The summed E-state index contributed by atoms with van der Waals surface area (Å²) in [5.41, 5.74) is 2.02. The van der Waals surface area contributed by atoms with Gasteiger partial charge in [0, 0.05) is 99.1 Å². The third-order valence-corrected chi connectivity index (χ3v) is 17.4. The van der Waals surface area contributed by atoms with Crippen LogP contribution in [0.25, 0.3) is 32.9 Å². The van der Waals surface area contributed by atoms with Crippen molar-refractivity contribution in [2.24, 2.45) is 16.7 Å². The standard InChI is InChI=1S/C54H60ClF2N9O6/c1-52(71)9-2-14-65(29-52)48-39-26-58-46(38-23-36(67)22-33-3-6-40(56)44(55)43(33)38)45(57)47(39)60-51(61-48)72-31-54(10-11-54)30-63-15-12-53(13-16-63)24-32(25-53)27-62-17-19-64(20-18-62)35-4-5-37-34(21-35)28-66(50(37)70)41-7-8-42(68)59-49(41)69/h3-6,21-23,26,32,41,67,71H,2,7-20,24-25,27-31H2,1H3,(H,59,68,69)/t41-,52+/m0/s1. The van der Waals surface area contributed by atoms with E-state index in [0.717, 1.165) is 76.5 Å². The summed E-state index contributed by atoms with van der Waals surface area (Å²) in [6.07, 6.45) is 10.4. The smallest absolute Gasteiger partial charge is 0.319 e. The van der Waals surface area contributed by atoms with Gasteiger partial charge in [-0.05, 0) is 136 Å². The van der Waals surface area contributed by atoms with Crippen LogP contribution in [-0.4, -0.2) is 141 Å². The van der Waals surface area contributed by atoms with E-state index in [1.807, 2.05) is 17.0 Å². The lowest BCUT2D eigenvalue weighted by Crippen LogP contribution is -2.53. The Kier molecular flexibility index (Phi) is 11.8. The van der Waals surface area contributed by atoms with Crippen LogP contribution >= 0.6 is 11.6 Å². The Labute approximate surface area is 421 Å². The lowest BCUT2D eigenvalue weighted by molar-refractivity contribution is -0.136. The highest BCUT2D eigenvalue weighted by atomic mass is 35.5. The zero-order valence-electron chi connectivity index (χ0n) is 40.6. The van der Waals surface area contributed by atoms with Crippen LogP contribution in [0.3, 0.4) is 0 Å². The van der Waals surface area contributed by atoms with Crippen molar-refractivity contribution in [3.8, 4) is 23.0 Å². The molecule has 1 spiro atoms. The molecule has 0 bridgehead atoms. The van der Waals surface area contributed by atoms with Crippen LogP contribution in [0.4, 0.5) is 20.3 Å². The number of aromatic nitrogens is 3. The first-order valence-corrected chi connectivity index (χ1v) is 26.0. The molecule has 7 heterocycles. The molecule has 378 valence electrons. The number of imide groups is 1. The number of anilines is 2. The average Bonchev–Trinajstić information content (AvgIpc) is 4.04. The Morgan fingerprint density at radius 3 is 2.43 bits per heavy atom. The first-order chi connectivity index (χ1) is 34.6. The molecule has 2 aromatic heterocycles. The van der Waals surface area contributed by atoms with Crippen molar-refractivity contribution in [1.29, 1.82) is 0 Å². The summed E-state index contributed by atoms with van der Waals surface area (Å²) in [7, 11) is 0. The van der Waals surface area contributed by atoms with Gasteiger partial charge >= 0.3 is 6.01 Å². The van der Waals surface area contributed by atoms with E-state index in [9.17, 15) is 29.0 Å².